The zero-order chi connectivity index (χ0) is 14.8. The fourth-order valence-corrected chi connectivity index (χ4v) is 3.04. The smallest absolute Gasteiger partial charge is 0.167 e. The van der Waals surface area contributed by atoms with Gasteiger partial charge >= 0.3 is 0 Å². The van der Waals surface area contributed by atoms with E-state index in [4.69, 9.17) is 4.74 Å². The Balaban J connectivity index is 1.82. The molecule has 2 aromatic heterocycles. The van der Waals surface area contributed by atoms with Crippen LogP contribution in [0.5, 0.6) is 5.75 Å². The quantitative estimate of drug-likeness (QED) is 0.729. The normalized spacial score (nSPS) is 12.7. The highest BCUT2D eigenvalue weighted by molar-refractivity contribution is 7.99. The summed E-state index contributed by atoms with van der Waals surface area (Å²) in [6.45, 7) is 4.67. The molecule has 1 aromatic carbocycles. The second-order valence-electron chi connectivity index (χ2n) is 4.57. The van der Waals surface area contributed by atoms with E-state index in [1.807, 2.05) is 32.2 Å². The number of imidazole rings is 1. The minimum absolute atomic E-state index is 0.108. The highest BCUT2D eigenvalue weighted by atomic mass is 32.2. The fourth-order valence-electron chi connectivity index (χ4n) is 2.08. The molecule has 2 heterocycles. The minimum Gasteiger partial charge on any atom is -0.494 e. The molecule has 0 aliphatic heterocycles. The van der Waals surface area contributed by atoms with E-state index in [-0.39, 0.29) is 5.25 Å². The summed E-state index contributed by atoms with van der Waals surface area (Å²) in [7, 11) is 1.83. The maximum absolute atomic E-state index is 5.49. The van der Waals surface area contributed by atoms with Crippen LogP contribution in [0, 0.1) is 0 Å². The van der Waals surface area contributed by atoms with Crippen molar-refractivity contribution in [1.82, 2.24) is 30.2 Å². The number of hydrogen-bond donors (Lipinski definition) is 1. The summed E-state index contributed by atoms with van der Waals surface area (Å²) in [6.07, 6.45) is 0. The second kappa shape index (κ2) is 5.72. The van der Waals surface area contributed by atoms with Crippen molar-refractivity contribution in [3.63, 3.8) is 0 Å². The number of aryl methyl sites for hydroxylation is 1. The molecule has 8 heteroatoms. The highest BCUT2D eigenvalue weighted by Crippen LogP contribution is 2.33. The molecule has 0 unspecified atom stereocenters. The summed E-state index contributed by atoms with van der Waals surface area (Å²) in [6, 6.07) is 5.84. The van der Waals surface area contributed by atoms with E-state index in [0.717, 1.165) is 27.8 Å². The van der Waals surface area contributed by atoms with Crippen molar-refractivity contribution in [3.8, 4) is 5.75 Å². The number of H-pyrrole nitrogens is 1. The molecule has 0 fully saturated rings. The first-order valence-electron chi connectivity index (χ1n) is 6.69. The third kappa shape index (κ3) is 2.85. The number of nitrogens with one attached hydrogen (secondary N) is 1. The average molecular weight is 304 g/mol. The number of rotatable bonds is 5. The van der Waals surface area contributed by atoms with Gasteiger partial charge in [0, 0.05) is 13.1 Å². The lowest BCUT2D eigenvalue weighted by atomic mass is 10.3. The van der Waals surface area contributed by atoms with Crippen molar-refractivity contribution in [1.29, 1.82) is 0 Å². The molecule has 3 rings (SSSR count). The second-order valence-corrected chi connectivity index (χ2v) is 5.90. The predicted octanol–water partition coefficient (Wildman–Crippen LogP) is 2.34. The Bertz CT molecular complexity index is 752. The summed E-state index contributed by atoms with van der Waals surface area (Å²) >= 11 is 1.59. The van der Waals surface area contributed by atoms with E-state index in [0.29, 0.717) is 6.61 Å². The highest BCUT2D eigenvalue weighted by Gasteiger charge is 2.16. The van der Waals surface area contributed by atoms with Gasteiger partial charge in [0.05, 0.1) is 22.9 Å². The minimum atomic E-state index is 0.108. The molecule has 0 saturated heterocycles. The van der Waals surface area contributed by atoms with Crippen molar-refractivity contribution in [2.24, 2.45) is 7.05 Å². The maximum Gasteiger partial charge on any atom is 0.167 e. The van der Waals surface area contributed by atoms with E-state index in [9.17, 15) is 0 Å². The van der Waals surface area contributed by atoms with Crippen molar-refractivity contribution in [3.05, 3.63) is 24.0 Å². The van der Waals surface area contributed by atoms with E-state index in [2.05, 4.69) is 32.4 Å². The number of aromatic amines is 1. The maximum atomic E-state index is 5.49. The molecule has 21 heavy (non-hydrogen) atoms. The van der Waals surface area contributed by atoms with Gasteiger partial charge in [0.2, 0.25) is 0 Å². The lowest BCUT2D eigenvalue weighted by molar-refractivity contribution is 0.340. The van der Waals surface area contributed by atoms with Gasteiger partial charge < -0.3 is 9.72 Å². The first kappa shape index (κ1) is 13.9. The molecule has 0 spiro atoms. The molecule has 7 nitrogen and oxygen atoms in total. The third-order valence-electron chi connectivity index (χ3n) is 3.05. The molecule has 1 N–H and O–H groups in total. The topological polar surface area (TPSA) is 81.5 Å². The van der Waals surface area contributed by atoms with Crippen LogP contribution >= 0.6 is 11.8 Å². The summed E-state index contributed by atoms with van der Waals surface area (Å²) < 4.78 is 7.17. The molecular formula is C13H16N6OS. The monoisotopic (exact) mass is 304 g/mol. The van der Waals surface area contributed by atoms with Gasteiger partial charge in [0.1, 0.15) is 5.75 Å². The van der Waals surface area contributed by atoms with E-state index in [1.54, 1.807) is 16.4 Å². The molecule has 0 radical (unpaired) electrons. The lowest BCUT2D eigenvalue weighted by Crippen LogP contribution is -2.01. The van der Waals surface area contributed by atoms with Crippen LogP contribution in [0.1, 0.15) is 24.9 Å². The van der Waals surface area contributed by atoms with Gasteiger partial charge in [-0.25, -0.2) is 9.67 Å². The van der Waals surface area contributed by atoms with Gasteiger partial charge in [-0.1, -0.05) is 11.8 Å². The number of aromatic nitrogens is 6. The first-order chi connectivity index (χ1) is 10.2. The van der Waals surface area contributed by atoms with Gasteiger partial charge in [-0.3, -0.25) is 0 Å². The van der Waals surface area contributed by atoms with E-state index < -0.39 is 0 Å². The Kier molecular flexibility index (Phi) is 3.78. The molecule has 0 saturated carbocycles. The Morgan fingerprint density at radius 3 is 3.00 bits per heavy atom. The van der Waals surface area contributed by atoms with Crippen LogP contribution in [0.4, 0.5) is 0 Å². The van der Waals surface area contributed by atoms with Crippen molar-refractivity contribution < 1.29 is 4.74 Å². The fraction of sp³-hybridized carbons (Fsp3) is 0.385. The molecule has 0 aliphatic rings. The van der Waals surface area contributed by atoms with Crippen LogP contribution in [0.15, 0.2) is 23.4 Å². The molecule has 110 valence electrons. The first-order valence-corrected chi connectivity index (χ1v) is 7.57. The molecule has 0 aliphatic carbocycles. The van der Waals surface area contributed by atoms with Gasteiger partial charge in [-0.2, -0.15) is 0 Å². The Hall–Kier alpha value is -2.09. The zero-order valence-corrected chi connectivity index (χ0v) is 12.9. The summed E-state index contributed by atoms with van der Waals surface area (Å²) in [4.78, 5) is 7.87. The molecule has 0 amide bonds. The Morgan fingerprint density at radius 1 is 1.43 bits per heavy atom. The van der Waals surface area contributed by atoms with Crippen LogP contribution < -0.4 is 4.74 Å². The SMILES string of the molecule is CCOc1ccc2nc(S[C@H](C)c3nnnn3C)[nH]c2c1. The zero-order valence-electron chi connectivity index (χ0n) is 12.1. The van der Waals surface area contributed by atoms with Crippen LogP contribution in [0.2, 0.25) is 0 Å². The van der Waals surface area contributed by atoms with Crippen molar-refractivity contribution in [2.75, 3.05) is 6.61 Å². The van der Waals surface area contributed by atoms with Gasteiger partial charge in [0.15, 0.2) is 11.0 Å². The number of benzene rings is 1. The molecule has 0 bridgehead atoms. The standard InChI is InChI=1S/C13H16N6OS/c1-4-20-9-5-6-10-11(7-9)15-13(14-10)21-8(2)12-16-17-18-19(12)3/h5-8H,4H2,1-3H3,(H,14,15)/t8-/m1/s1. The number of nitrogens with zero attached hydrogens (tertiary/aromatic N) is 5. The van der Waals surface area contributed by atoms with E-state index in [1.165, 1.54) is 0 Å². The van der Waals surface area contributed by atoms with Gasteiger partial charge in [-0.15, -0.1) is 5.10 Å². The molecule has 3 aromatic rings. The Labute approximate surface area is 126 Å². The Morgan fingerprint density at radius 2 is 2.29 bits per heavy atom. The summed E-state index contributed by atoms with van der Waals surface area (Å²) in [5.41, 5.74) is 1.89. The largest absolute Gasteiger partial charge is 0.494 e. The predicted molar refractivity (Wildman–Crippen MR) is 80.3 cm³/mol. The van der Waals surface area contributed by atoms with Crippen LogP contribution in [0.3, 0.4) is 0 Å². The van der Waals surface area contributed by atoms with Gasteiger partial charge in [-0.05, 0) is 36.4 Å². The number of thioether (sulfide) groups is 1. The number of tetrazole rings is 1. The van der Waals surface area contributed by atoms with E-state index >= 15 is 0 Å². The summed E-state index contributed by atoms with van der Waals surface area (Å²) in [5, 5.41) is 12.5. The average Bonchev–Trinajstić information content (AvgIpc) is 3.04. The van der Waals surface area contributed by atoms with Crippen LogP contribution in [-0.2, 0) is 7.05 Å². The van der Waals surface area contributed by atoms with Crippen LogP contribution in [0.25, 0.3) is 11.0 Å². The summed E-state index contributed by atoms with van der Waals surface area (Å²) in [5.74, 6) is 1.66. The van der Waals surface area contributed by atoms with Crippen molar-refractivity contribution >= 4 is 22.8 Å². The number of fused-ring (bicyclic) bond motifs is 1. The lowest BCUT2D eigenvalue weighted by Gasteiger charge is -2.06. The molecule has 1 atom stereocenters. The van der Waals surface area contributed by atoms with Gasteiger partial charge in [0.25, 0.3) is 0 Å². The molecular weight excluding hydrogens is 288 g/mol. The number of ether oxygens (including phenoxy) is 1. The van der Waals surface area contributed by atoms with Crippen molar-refractivity contribution in [2.45, 2.75) is 24.3 Å². The van der Waals surface area contributed by atoms with Crippen LogP contribution in [-0.4, -0.2) is 36.8 Å². The number of hydrogen-bond acceptors (Lipinski definition) is 6. The third-order valence-corrected chi connectivity index (χ3v) is 4.03.